The molecule has 0 spiro atoms. The van der Waals surface area contributed by atoms with Crippen LogP contribution in [-0.2, 0) is 0 Å². The molecular weight excluding hydrogens is 342 g/mol. The molecule has 1 fully saturated rings. The van der Waals surface area contributed by atoms with Gasteiger partial charge in [0.2, 0.25) is 5.88 Å². The van der Waals surface area contributed by atoms with Gasteiger partial charge < -0.3 is 9.47 Å². The van der Waals surface area contributed by atoms with E-state index in [4.69, 9.17) is 21.1 Å². The molecule has 0 N–H and O–H groups in total. The molecule has 5 heteroatoms. The molecule has 0 amide bonds. The van der Waals surface area contributed by atoms with Crippen LogP contribution < -0.4 is 9.47 Å². The Labute approximate surface area is 131 Å². The van der Waals surface area contributed by atoms with E-state index < -0.39 is 0 Å². The smallest absolute Gasteiger partial charge is 0.219 e. The summed E-state index contributed by atoms with van der Waals surface area (Å²) in [6.45, 7) is 0.744. The summed E-state index contributed by atoms with van der Waals surface area (Å²) in [7, 11) is 0. The lowest BCUT2D eigenvalue weighted by Gasteiger charge is -2.09. The maximum Gasteiger partial charge on any atom is 0.219 e. The minimum atomic E-state index is 0.524. The molecule has 20 heavy (non-hydrogen) atoms. The van der Waals surface area contributed by atoms with Crippen LogP contribution in [0.25, 0.3) is 0 Å². The van der Waals surface area contributed by atoms with E-state index in [1.165, 1.54) is 12.8 Å². The third-order valence-electron chi connectivity index (χ3n) is 3.00. The van der Waals surface area contributed by atoms with E-state index in [2.05, 4.69) is 20.9 Å². The summed E-state index contributed by atoms with van der Waals surface area (Å²) in [5.41, 5.74) is 0. The Morgan fingerprint density at radius 2 is 2.10 bits per heavy atom. The Bertz CT molecular complexity index is 599. The molecule has 0 radical (unpaired) electrons. The number of halogens is 2. The highest BCUT2D eigenvalue weighted by Gasteiger charge is 2.22. The molecule has 1 saturated carbocycles. The van der Waals surface area contributed by atoms with Crippen LogP contribution in [-0.4, -0.2) is 11.6 Å². The molecule has 0 saturated heterocycles. The fourth-order valence-electron chi connectivity index (χ4n) is 1.70. The van der Waals surface area contributed by atoms with Crippen molar-refractivity contribution in [2.75, 3.05) is 6.61 Å². The van der Waals surface area contributed by atoms with E-state index in [1.54, 1.807) is 18.3 Å². The topological polar surface area (TPSA) is 31.4 Å². The quantitative estimate of drug-likeness (QED) is 0.750. The molecule has 2 aromatic rings. The Kier molecular flexibility index (Phi) is 4.13. The number of hydrogen-bond acceptors (Lipinski definition) is 3. The van der Waals surface area contributed by atoms with Crippen molar-refractivity contribution in [3.05, 3.63) is 46.0 Å². The molecule has 1 aliphatic carbocycles. The number of aromatic nitrogens is 1. The van der Waals surface area contributed by atoms with Gasteiger partial charge in [-0.15, -0.1) is 0 Å². The molecule has 0 unspecified atom stereocenters. The van der Waals surface area contributed by atoms with E-state index in [0.29, 0.717) is 28.3 Å². The Morgan fingerprint density at radius 1 is 1.25 bits per heavy atom. The zero-order valence-electron chi connectivity index (χ0n) is 10.7. The summed E-state index contributed by atoms with van der Waals surface area (Å²) in [6.07, 6.45) is 4.20. The van der Waals surface area contributed by atoms with Crippen molar-refractivity contribution in [1.29, 1.82) is 0 Å². The van der Waals surface area contributed by atoms with Gasteiger partial charge in [-0.25, -0.2) is 4.98 Å². The van der Waals surface area contributed by atoms with Crippen LogP contribution in [0, 0.1) is 5.92 Å². The molecule has 1 heterocycles. The normalized spacial score (nSPS) is 14.1. The van der Waals surface area contributed by atoms with Crippen LogP contribution in [0.15, 0.2) is 41.0 Å². The van der Waals surface area contributed by atoms with Gasteiger partial charge >= 0.3 is 0 Å². The van der Waals surface area contributed by atoms with Crippen LogP contribution in [0.5, 0.6) is 17.4 Å². The highest BCUT2D eigenvalue weighted by molar-refractivity contribution is 9.10. The van der Waals surface area contributed by atoms with Crippen molar-refractivity contribution in [1.82, 2.24) is 4.98 Å². The number of pyridine rings is 1. The van der Waals surface area contributed by atoms with Crippen molar-refractivity contribution in [2.24, 2.45) is 5.92 Å². The van der Waals surface area contributed by atoms with Crippen molar-refractivity contribution < 1.29 is 9.47 Å². The fraction of sp³-hybridized carbons (Fsp3) is 0.267. The molecule has 0 bridgehead atoms. The third-order valence-corrected chi connectivity index (χ3v) is 3.76. The van der Waals surface area contributed by atoms with Gasteiger partial charge in [0.05, 0.1) is 11.6 Å². The molecule has 1 aromatic carbocycles. The van der Waals surface area contributed by atoms with E-state index in [1.807, 2.05) is 18.2 Å². The largest absolute Gasteiger partial charge is 0.492 e. The van der Waals surface area contributed by atoms with Gasteiger partial charge in [0.15, 0.2) is 0 Å². The van der Waals surface area contributed by atoms with Gasteiger partial charge in [0.1, 0.15) is 11.5 Å². The van der Waals surface area contributed by atoms with E-state index in [-0.39, 0.29) is 0 Å². The molecular formula is C15H13BrClNO2. The van der Waals surface area contributed by atoms with Crippen molar-refractivity contribution >= 4 is 27.5 Å². The molecule has 1 aliphatic rings. The predicted octanol–water partition coefficient (Wildman–Crippen LogP) is 5.08. The standard InChI is InChI=1S/C15H13BrClNO2/c16-11-3-6-15(18-8-11)20-12-4-5-14(13(17)7-12)19-9-10-1-2-10/h3-8,10H,1-2,9H2. The molecule has 104 valence electrons. The van der Waals surface area contributed by atoms with Crippen molar-refractivity contribution in [3.8, 4) is 17.4 Å². The second kappa shape index (κ2) is 6.02. The first-order valence-electron chi connectivity index (χ1n) is 6.42. The van der Waals surface area contributed by atoms with Gasteiger partial charge in [-0.1, -0.05) is 11.6 Å². The van der Waals surface area contributed by atoms with Crippen LogP contribution in [0.4, 0.5) is 0 Å². The SMILES string of the molecule is Clc1cc(Oc2ccc(Br)cn2)ccc1OCC1CC1. The zero-order valence-corrected chi connectivity index (χ0v) is 13.0. The first-order chi connectivity index (χ1) is 9.70. The fourth-order valence-corrected chi connectivity index (χ4v) is 2.16. The lowest BCUT2D eigenvalue weighted by Crippen LogP contribution is -1.99. The number of nitrogens with zero attached hydrogens (tertiary/aromatic N) is 1. The maximum atomic E-state index is 6.19. The molecule has 3 rings (SSSR count). The lowest BCUT2D eigenvalue weighted by molar-refractivity contribution is 0.299. The van der Waals surface area contributed by atoms with Gasteiger partial charge in [-0.05, 0) is 52.9 Å². The Hall–Kier alpha value is -1.26. The van der Waals surface area contributed by atoms with Crippen LogP contribution in [0.3, 0.4) is 0 Å². The predicted molar refractivity (Wildman–Crippen MR) is 81.7 cm³/mol. The van der Waals surface area contributed by atoms with E-state index >= 15 is 0 Å². The second-order valence-electron chi connectivity index (χ2n) is 4.76. The summed E-state index contributed by atoms with van der Waals surface area (Å²) in [6, 6.07) is 9.07. The summed E-state index contributed by atoms with van der Waals surface area (Å²) < 4.78 is 12.2. The Morgan fingerprint density at radius 3 is 2.75 bits per heavy atom. The van der Waals surface area contributed by atoms with Crippen LogP contribution in [0.1, 0.15) is 12.8 Å². The molecule has 0 atom stereocenters. The summed E-state index contributed by atoms with van der Waals surface area (Å²) in [4.78, 5) is 4.15. The van der Waals surface area contributed by atoms with Crippen molar-refractivity contribution in [3.63, 3.8) is 0 Å². The minimum absolute atomic E-state index is 0.524. The summed E-state index contributed by atoms with van der Waals surface area (Å²) in [5.74, 6) is 2.57. The van der Waals surface area contributed by atoms with E-state index in [9.17, 15) is 0 Å². The second-order valence-corrected chi connectivity index (χ2v) is 6.09. The molecule has 1 aromatic heterocycles. The van der Waals surface area contributed by atoms with Crippen LogP contribution >= 0.6 is 27.5 Å². The van der Waals surface area contributed by atoms with Gasteiger partial charge in [-0.3, -0.25) is 0 Å². The lowest BCUT2D eigenvalue weighted by atomic mass is 10.3. The highest BCUT2D eigenvalue weighted by atomic mass is 79.9. The first kappa shape index (κ1) is 13.7. The summed E-state index contributed by atoms with van der Waals surface area (Å²) >= 11 is 9.52. The monoisotopic (exact) mass is 353 g/mol. The summed E-state index contributed by atoms with van der Waals surface area (Å²) in [5, 5.41) is 0.556. The Balaban J connectivity index is 1.67. The number of hydrogen-bond donors (Lipinski definition) is 0. The third kappa shape index (κ3) is 3.64. The minimum Gasteiger partial charge on any atom is -0.492 e. The number of rotatable bonds is 5. The number of ether oxygens (including phenoxy) is 2. The average molecular weight is 355 g/mol. The maximum absolute atomic E-state index is 6.19. The van der Waals surface area contributed by atoms with Gasteiger partial charge in [-0.2, -0.15) is 0 Å². The number of benzene rings is 1. The van der Waals surface area contributed by atoms with Crippen LogP contribution in [0.2, 0.25) is 5.02 Å². The average Bonchev–Trinajstić information content (AvgIpc) is 3.25. The zero-order chi connectivity index (χ0) is 13.9. The van der Waals surface area contributed by atoms with Crippen molar-refractivity contribution in [2.45, 2.75) is 12.8 Å². The van der Waals surface area contributed by atoms with E-state index in [0.717, 1.165) is 11.1 Å². The molecule has 0 aliphatic heterocycles. The molecule has 3 nitrogen and oxygen atoms in total. The van der Waals surface area contributed by atoms with Gasteiger partial charge in [0.25, 0.3) is 0 Å². The highest BCUT2D eigenvalue weighted by Crippen LogP contribution is 2.34. The first-order valence-corrected chi connectivity index (χ1v) is 7.59. The van der Waals surface area contributed by atoms with Gasteiger partial charge in [0, 0.05) is 22.8 Å².